The predicted molar refractivity (Wildman–Crippen MR) is 141 cm³/mol. The van der Waals surface area contributed by atoms with Crippen molar-refractivity contribution in [1.29, 1.82) is 0 Å². The quantitative estimate of drug-likeness (QED) is 0.356. The van der Waals surface area contributed by atoms with Crippen LogP contribution in [0, 0.1) is 0 Å². The van der Waals surface area contributed by atoms with Crippen molar-refractivity contribution in [3.05, 3.63) is 86.0 Å². The maximum Gasteiger partial charge on any atom is 0.290 e. The molecule has 0 radical (unpaired) electrons. The van der Waals surface area contributed by atoms with E-state index in [-0.39, 0.29) is 28.2 Å². The van der Waals surface area contributed by atoms with Crippen LogP contribution < -0.4 is 16.4 Å². The number of hydrogen-bond donors (Lipinski definition) is 1. The average Bonchev–Trinajstić information content (AvgIpc) is 3.31. The Morgan fingerprint density at radius 3 is 2.76 bits per heavy atom. The topological polar surface area (TPSA) is 125 Å². The Balaban J connectivity index is 1.49. The van der Waals surface area contributed by atoms with E-state index >= 15 is 0 Å². The third kappa shape index (κ3) is 3.93. The SMILES string of the molecule is Cn1cc(-c2ccnc(-n3ncc4c5c(sc4c3=O)CCCC5)c2C=O)cc(Nc2ccncn2)c1=O. The number of pyridine rings is 2. The highest BCUT2D eigenvalue weighted by molar-refractivity contribution is 7.19. The van der Waals surface area contributed by atoms with E-state index in [1.807, 2.05) is 0 Å². The van der Waals surface area contributed by atoms with Gasteiger partial charge in [-0.2, -0.15) is 9.78 Å². The maximum atomic E-state index is 13.5. The molecule has 1 aliphatic carbocycles. The molecule has 0 unspecified atom stereocenters. The monoisotopic (exact) mass is 511 g/mol. The molecule has 1 N–H and O–H groups in total. The highest BCUT2D eigenvalue weighted by Crippen LogP contribution is 2.34. The molecule has 37 heavy (non-hydrogen) atoms. The van der Waals surface area contributed by atoms with Crippen molar-refractivity contribution in [1.82, 2.24) is 29.3 Å². The van der Waals surface area contributed by atoms with E-state index in [1.165, 1.54) is 43.6 Å². The van der Waals surface area contributed by atoms with Crippen LogP contribution in [0.4, 0.5) is 11.5 Å². The number of nitrogens with one attached hydrogen (secondary N) is 1. The number of carbonyl (C=O) groups is 1. The van der Waals surface area contributed by atoms with Crippen molar-refractivity contribution >= 4 is 39.2 Å². The van der Waals surface area contributed by atoms with Crippen molar-refractivity contribution < 1.29 is 4.79 Å². The first-order valence-electron chi connectivity index (χ1n) is 11.8. The number of thiophene rings is 1. The van der Waals surface area contributed by atoms with E-state index in [0.717, 1.165) is 31.1 Å². The lowest BCUT2D eigenvalue weighted by Crippen LogP contribution is -2.23. The predicted octanol–water partition coefficient (Wildman–Crippen LogP) is 3.43. The Kier molecular flexibility index (Phi) is 5.68. The fourth-order valence-corrected chi connectivity index (χ4v) is 6.04. The zero-order chi connectivity index (χ0) is 25.5. The van der Waals surface area contributed by atoms with Crippen molar-refractivity contribution in [2.75, 3.05) is 5.32 Å². The van der Waals surface area contributed by atoms with E-state index in [0.29, 0.717) is 27.9 Å². The lowest BCUT2D eigenvalue weighted by atomic mass is 9.97. The molecule has 6 rings (SSSR count). The molecule has 0 aromatic carbocycles. The molecular weight excluding hydrogens is 490 g/mol. The van der Waals surface area contributed by atoms with E-state index in [9.17, 15) is 14.4 Å². The third-order valence-electron chi connectivity index (χ3n) is 6.53. The van der Waals surface area contributed by atoms with Crippen molar-refractivity contribution in [3.63, 3.8) is 0 Å². The van der Waals surface area contributed by atoms with Gasteiger partial charge in [0, 0.05) is 41.5 Å². The van der Waals surface area contributed by atoms with E-state index in [1.54, 1.807) is 43.8 Å². The Morgan fingerprint density at radius 2 is 1.95 bits per heavy atom. The van der Waals surface area contributed by atoms with Crippen LogP contribution in [0.25, 0.3) is 27.0 Å². The van der Waals surface area contributed by atoms with Gasteiger partial charge >= 0.3 is 0 Å². The molecule has 5 aromatic rings. The molecule has 0 spiro atoms. The Labute approximate surface area is 214 Å². The number of anilines is 2. The first-order chi connectivity index (χ1) is 18.0. The average molecular weight is 512 g/mol. The molecule has 184 valence electrons. The number of fused-ring (bicyclic) bond motifs is 3. The van der Waals surface area contributed by atoms with E-state index in [4.69, 9.17) is 0 Å². The summed E-state index contributed by atoms with van der Waals surface area (Å²) < 4.78 is 3.24. The Bertz CT molecular complexity index is 1790. The summed E-state index contributed by atoms with van der Waals surface area (Å²) in [7, 11) is 1.62. The molecule has 5 heterocycles. The van der Waals surface area contributed by atoms with Gasteiger partial charge in [0.15, 0.2) is 12.1 Å². The number of nitrogens with zero attached hydrogens (tertiary/aromatic N) is 6. The van der Waals surface area contributed by atoms with Crippen LogP contribution in [0.3, 0.4) is 0 Å². The lowest BCUT2D eigenvalue weighted by molar-refractivity contribution is 0.112. The molecule has 11 heteroatoms. The summed E-state index contributed by atoms with van der Waals surface area (Å²) in [5.74, 6) is 0.600. The molecule has 0 bridgehead atoms. The summed E-state index contributed by atoms with van der Waals surface area (Å²) in [6.07, 6.45) is 12.6. The second-order valence-corrected chi connectivity index (χ2v) is 9.91. The summed E-state index contributed by atoms with van der Waals surface area (Å²) in [5.41, 5.74) is 2.23. The standard InChI is InChI=1S/C26H21N7O3S/c1-32-12-15(10-20(25(32)35)31-22-7-8-27-14-29-22)16-6-9-28-24(19(16)13-34)33-26(36)23-18(11-30-33)17-4-2-3-5-21(17)37-23/h6-14H,2-5H2,1H3,(H,27,29,31). The maximum absolute atomic E-state index is 13.5. The van der Waals surface area contributed by atoms with Gasteiger partial charge in [0.25, 0.3) is 11.1 Å². The molecule has 0 saturated carbocycles. The van der Waals surface area contributed by atoms with Gasteiger partial charge in [-0.3, -0.25) is 14.4 Å². The van der Waals surface area contributed by atoms with Crippen molar-refractivity contribution in [2.24, 2.45) is 7.05 Å². The Morgan fingerprint density at radius 1 is 1.08 bits per heavy atom. The molecule has 0 amide bonds. The summed E-state index contributed by atoms with van der Waals surface area (Å²) >= 11 is 1.51. The van der Waals surface area contributed by atoms with E-state index in [2.05, 4.69) is 25.4 Å². The minimum atomic E-state index is -0.295. The summed E-state index contributed by atoms with van der Waals surface area (Å²) in [6, 6.07) is 4.96. The minimum absolute atomic E-state index is 0.143. The summed E-state index contributed by atoms with van der Waals surface area (Å²) in [6.45, 7) is 0. The molecule has 1 aliphatic rings. The molecule has 5 aromatic heterocycles. The highest BCUT2D eigenvalue weighted by atomic mass is 32.1. The number of aldehydes is 1. The van der Waals surface area contributed by atoms with Gasteiger partial charge in [0.1, 0.15) is 22.5 Å². The second kappa shape index (κ2) is 9.17. The first-order valence-corrected chi connectivity index (χ1v) is 12.6. The third-order valence-corrected chi connectivity index (χ3v) is 7.82. The molecule has 0 saturated heterocycles. The van der Waals surface area contributed by atoms with Gasteiger partial charge in [-0.15, -0.1) is 11.3 Å². The zero-order valence-corrected chi connectivity index (χ0v) is 20.7. The molecule has 0 fully saturated rings. The summed E-state index contributed by atoms with van der Waals surface area (Å²) in [4.78, 5) is 52.2. The fourth-order valence-electron chi connectivity index (χ4n) is 4.75. The van der Waals surface area contributed by atoms with Crippen LogP contribution >= 0.6 is 11.3 Å². The second-order valence-electron chi connectivity index (χ2n) is 8.81. The normalized spacial score (nSPS) is 12.9. The Hall–Kier alpha value is -4.51. The first kappa shape index (κ1) is 22.9. The van der Waals surface area contributed by atoms with Gasteiger partial charge in [-0.1, -0.05) is 0 Å². The van der Waals surface area contributed by atoms with Gasteiger partial charge in [0.05, 0.1) is 11.8 Å². The van der Waals surface area contributed by atoms with Crippen LogP contribution in [-0.4, -0.2) is 35.6 Å². The molecule has 0 atom stereocenters. The zero-order valence-electron chi connectivity index (χ0n) is 19.8. The highest BCUT2D eigenvalue weighted by Gasteiger charge is 2.22. The van der Waals surface area contributed by atoms with Crippen LogP contribution in [0.15, 0.2) is 58.9 Å². The number of hydrogen-bond acceptors (Lipinski definition) is 9. The smallest absolute Gasteiger partial charge is 0.290 e. The molecular formula is C26H21N7O3S. The van der Waals surface area contributed by atoms with Gasteiger partial charge < -0.3 is 9.88 Å². The number of carbonyl (C=O) groups excluding carboxylic acids is 1. The minimum Gasteiger partial charge on any atom is -0.336 e. The van der Waals surface area contributed by atoms with Gasteiger partial charge in [-0.25, -0.2) is 15.0 Å². The van der Waals surface area contributed by atoms with Crippen LogP contribution in [0.5, 0.6) is 0 Å². The molecule has 0 aliphatic heterocycles. The van der Waals surface area contributed by atoms with Crippen LogP contribution in [-0.2, 0) is 19.9 Å². The number of rotatable bonds is 5. The fraction of sp³-hybridized carbons (Fsp3) is 0.192. The van der Waals surface area contributed by atoms with Crippen molar-refractivity contribution in [2.45, 2.75) is 25.7 Å². The van der Waals surface area contributed by atoms with Crippen LogP contribution in [0.1, 0.15) is 33.6 Å². The van der Waals surface area contributed by atoms with Crippen LogP contribution in [0.2, 0.25) is 0 Å². The summed E-state index contributed by atoms with van der Waals surface area (Å²) in [5, 5.41) is 8.31. The van der Waals surface area contributed by atoms with E-state index < -0.39 is 0 Å². The van der Waals surface area contributed by atoms with Gasteiger partial charge in [-0.05, 0) is 55.0 Å². The lowest BCUT2D eigenvalue weighted by Gasteiger charge is -2.14. The molecule has 10 nitrogen and oxygen atoms in total. The number of aryl methyl sites for hydroxylation is 3. The van der Waals surface area contributed by atoms with Gasteiger partial charge in [0.2, 0.25) is 0 Å². The van der Waals surface area contributed by atoms with Crippen molar-refractivity contribution in [3.8, 4) is 16.9 Å². The largest absolute Gasteiger partial charge is 0.336 e. The number of aromatic nitrogens is 6.